The van der Waals surface area contributed by atoms with Gasteiger partial charge in [0.1, 0.15) is 12.6 Å². The molecule has 2 aliphatic rings. The van der Waals surface area contributed by atoms with Gasteiger partial charge >= 0.3 is 18.2 Å². The molecular formula is C22H18F3N3O3. The fourth-order valence-corrected chi connectivity index (χ4v) is 4.40. The molecule has 1 aromatic heterocycles. The number of ether oxygens (including phenoxy) is 1. The number of nitrogens with zero attached hydrogens (tertiary/aromatic N) is 3. The monoisotopic (exact) mass is 429 g/mol. The summed E-state index contributed by atoms with van der Waals surface area (Å²) >= 11 is 0. The molecule has 160 valence electrons. The van der Waals surface area contributed by atoms with Crippen LogP contribution in [0.5, 0.6) is 0 Å². The molecule has 1 fully saturated rings. The molecule has 1 aliphatic heterocycles. The minimum Gasteiger partial charge on any atom is -0.448 e. The Labute approximate surface area is 175 Å². The lowest BCUT2D eigenvalue weighted by atomic mass is 9.98. The second kappa shape index (κ2) is 7.40. The molecule has 0 bridgehead atoms. The number of aromatic nitrogens is 2. The SMILES string of the molecule is O=C(OCC1c2ccccc2-c2ccccc21)N1CCC[C@H]1c1nnc(C(F)(F)F)o1. The number of rotatable bonds is 3. The van der Waals surface area contributed by atoms with E-state index in [1.165, 1.54) is 4.90 Å². The maximum atomic E-state index is 12.8. The van der Waals surface area contributed by atoms with Gasteiger partial charge in [-0.25, -0.2) is 4.79 Å². The summed E-state index contributed by atoms with van der Waals surface area (Å²) in [5.41, 5.74) is 4.40. The fourth-order valence-electron chi connectivity index (χ4n) is 4.40. The van der Waals surface area contributed by atoms with Crippen molar-refractivity contribution in [2.75, 3.05) is 13.2 Å². The first kappa shape index (κ1) is 19.6. The minimum absolute atomic E-state index is 0.0994. The number of hydrogen-bond donors (Lipinski definition) is 0. The van der Waals surface area contributed by atoms with Crippen molar-refractivity contribution in [3.8, 4) is 11.1 Å². The van der Waals surface area contributed by atoms with Gasteiger partial charge in [0, 0.05) is 12.5 Å². The topological polar surface area (TPSA) is 68.5 Å². The molecule has 0 N–H and O–H groups in total. The lowest BCUT2D eigenvalue weighted by Crippen LogP contribution is -2.32. The summed E-state index contributed by atoms with van der Waals surface area (Å²) in [6, 6.07) is 15.2. The number of amides is 1. The van der Waals surface area contributed by atoms with Crippen LogP contribution in [0.15, 0.2) is 52.9 Å². The third kappa shape index (κ3) is 3.43. The zero-order valence-electron chi connectivity index (χ0n) is 16.3. The first-order valence-electron chi connectivity index (χ1n) is 9.95. The van der Waals surface area contributed by atoms with Crippen LogP contribution in [0, 0.1) is 0 Å². The van der Waals surface area contributed by atoms with Crippen molar-refractivity contribution in [1.82, 2.24) is 15.1 Å². The second-order valence-corrected chi connectivity index (χ2v) is 7.60. The fraction of sp³-hybridized carbons (Fsp3) is 0.318. The van der Waals surface area contributed by atoms with Crippen molar-refractivity contribution < 1.29 is 27.1 Å². The van der Waals surface area contributed by atoms with Crippen LogP contribution in [0.4, 0.5) is 18.0 Å². The van der Waals surface area contributed by atoms with Crippen LogP contribution in [-0.2, 0) is 10.9 Å². The number of carbonyl (C=O) groups excluding carboxylic acids is 1. The standard InChI is InChI=1S/C22H18F3N3O3/c23-22(24,25)20-27-26-19(31-20)18-10-5-11-28(18)21(29)30-12-17-15-8-3-1-6-13(15)14-7-2-4-9-16(14)17/h1-4,6-9,17-18H,5,10-12H2/t18-/m0/s1. The third-order valence-corrected chi connectivity index (χ3v) is 5.79. The zero-order chi connectivity index (χ0) is 21.6. The van der Waals surface area contributed by atoms with E-state index in [1.807, 2.05) is 48.5 Å². The average molecular weight is 429 g/mol. The Morgan fingerprint density at radius 2 is 1.71 bits per heavy atom. The summed E-state index contributed by atoms with van der Waals surface area (Å²) < 4.78 is 48.7. The highest BCUT2D eigenvalue weighted by molar-refractivity contribution is 5.79. The van der Waals surface area contributed by atoms with Crippen LogP contribution >= 0.6 is 0 Å². The second-order valence-electron chi connectivity index (χ2n) is 7.60. The van der Waals surface area contributed by atoms with E-state index in [1.54, 1.807) is 0 Å². The van der Waals surface area contributed by atoms with Gasteiger partial charge in [0.25, 0.3) is 0 Å². The number of likely N-dealkylation sites (tertiary alicyclic amines) is 1. The predicted octanol–water partition coefficient (Wildman–Crippen LogP) is 5.17. The smallest absolute Gasteiger partial charge is 0.448 e. The molecule has 31 heavy (non-hydrogen) atoms. The Morgan fingerprint density at radius 1 is 1.06 bits per heavy atom. The number of hydrogen-bond acceptors (Lipinski definition) is 5. The van der Waals surface area contributed by atoms with Gasteiger partial charge in [0.2, 0.25) is 5.89 Å². The number of halogens is 3. The Kier molecular flexibility index (Phi) is 4.68. The number of fused-ring (bicyclic) bond motifs is 3. The minimum atomic E-state index is -4.72. The summed E-state index contributed by atoms with van der Waals surface area (Å²) in [5.74, 6) is -1.74. The molecule has 0 spiro atoms. The average Bonchev–Trinajstić information content (AvgIpc) is 3.48. The predicted molar refractivity (Wildman–Crippen MR) is 103 cm³/mol. The Morgan fingerprint density at radius 3 is 2.32 bits per heavy atom. The summed E-state index contributed by atoms with van der Waals surface area (Å²) in [5, 5.41) is 6.57. The maximum absolute atomic E-state index is 12.8. The quantitative estimate of drug-likeness (QED) is 0.574. The van der Waals surface area contributed by atoms with E-state index in [-0.39, 0.29) is 18.4 Å². The Balaban J connectivity index is 1.32. The van der Waals surface area contributed by atoms with Gasteiger partial charge in [-0.15, -0.1) is 10.2 Å². The van der Waals surface area contributed by atoms with Crippen LogP contribution in [0.2, 0.25) is 0 Å². The van der Waals surface area contributed by atoms with E-state index < -0.39 is 24.2 Å². The number of benzene rings is 2. The normalized spacial score (nSPS) is 18.2. The largest absolute Gasteiger partial charge is 0.470 e. The van der Waals surface area contributed by atoms with E-state index in [2.05, 4.69) is 10.2 Å². The molecule has 3 aromatic rings. The zero-order valence-corrected chi connectivity index (χ0v) is 16.3. The van der Waals surface area contributed by atoms with Crippen LogP contribution < -0.4 is 0 Å². The molecule has 0 radical (unpaired) electrons. The molecule has 2 aromatic carbocycles. The Hall–Kier alpha value is -3.36. The molecule has 1 aliphatic carbocycles. The molecule has 0 saturated carbocycles. The van der Waals surface area contributed by atoms with Crippen LogP contribution in [0.1, 0.15) is 47.7 Å². The van der Waals surface area contributed by atoms with Gasteiger partial charge < -0.3 is 9.15 Å². The summed E-state index contributed by atoms with van der Waals surface area (Å²) in [7, 11) is 0. The molecule has 6 nitrogen and oxygen atoms in total. The molecule has 1 amide bonds. The molecule has 1 saturated heterocycles. The molecule has 0 unspecified atom stereocenters. The lowest BCUT2D eigenvalue weighted by Gasteiger charge is -2.23. The summed E-state index contributed by atoms with van der Waals surface area (Å²) in [4.78, 5) is 14.2. The molecule has 2 heterocycles. The van der Waals surface area contributed by atoms with Gasteiger partial charge in [-0.3, -0.25) is 4.90 Å². The summed E-state index contributed by atoms with van der Waals surface area (Å²) in [6.45, 7) is 0.485. The van der Waals surface area contributed by atoms with Crippen molar-refractivity contribution in [3.63, 3.8) is 0 Å². The maximum Gasteiger partial charge on any atom is 0.470 e. The molecular weight excluding hydrogens is 411 g/mol. The molecule has 5 rings (SSSR count). The third-order valence-electron chi connectivity index (χ3n) is 5.79. The van der Waals surface area contributed by atoms with E-state index in [0.717, 1.165) is 22.3 Å². The lowest BCUT2D eigenvalue weighted by molar-refractivity contribution is -0.157. The van der Waals surface area contributed by atoms with Gasteiger partial charge in [-0.2, -0.15) is 13.2 Å². The number of alkyl halides is 3. The summed E-state index contributed by atoms with van der Waals surface area (Å²) in [6.07, 6.45) is -4.28. The van der Waals surface area contributed by atoms with Crippen molar-refractivity contribution in [2.45, 2.75) is 31.0 Å². The van der Waals surface area contributed by atoms with Crippen molar-refractivity contribution in [3.05, 3.63) is 71.4 Å². The number of carbonyl (C=O) groups is 1. The van der Waals surface area contributed by atoms with Gasteiger partial charge in [-0.05, 0) is 35.1 Å². The van der Waals surface area contributed by atoms with Crippen LogP contribution in [0.25, 0.3) is 11.1 Å². The first-order chi connectivity index (χ1) is 14.9. The van der Waals surface area contributed by atoms with Crippen LogP contribution in [0.3, 0.4) is 0 Å². The van der Waals surface area contributed by atoms with E-state index in [0.29, 0.717) is 19.4 Å². The molecule has 1 atom stereocenters. The highest BCUT2D eigenvalue weighted by Gasteiger charge is 2.41. The highest BCUT2D eigenvalue weighted by Crippen LogP contribution is 2.44. The van der Waals surface area contributed by atoms with E-state index >= 15 is 0 Å². The van der Waals surface area contributed by atoms with Crippen LogP contribution in [-0.4, -0.2) is 34.3 Å². The highest BCUT2D eigenvalue weighted by atomic mass is 19.4. The van der Waals surface area contributed by atoms with E-state index in [9.17, 15) is 18.0 Å². The first-order valence-corrected chi connectivity index (χ1v) is 9.95. The van der Waals surface area contributed by atoms with E-state index in [4.69, 9.17) is 9.15 Å². The van der Waals surface area contributed by atoms with Gasteiger partial charge in [0.05, 0.1) is 0 Å². The van der Waals surface area contributed by atoms with Gasteiger partial charge in [0.15, 0.2) is 0 Å². The molecule has 9 heteroatoms. The van der Waals surface area contributed by atoms with Crippen molar-refractivity contribution >= 4 is 6.09 Å². The van der Waals surface area contributed by atoms with Gasteiger partial charge in [-0.1, -0.05) is 48.5 Å². The van der Waals surface area contributed by atoms with Crippen molar-refractivity contribution in [1.29, 1.82) is 0 Å². The Bertz CT molecular complexity index is 1080. The van der Waals surface area contributed by atoms with Crippen molar-refractivity contribution in [2.24, 2.45) is 0 Å².